The lowest BCUT2D eigenvalue weighted by atomic mass is 9.85. The van der Waals surface area contributed by atoms with Crippen LogP contribution in [0.5, 0.6) is 23.0 Å². The molecule has 0 saturated heterocycles. The van der Waals surface area contributed by atoms with E-state index in [4.69, 9.17) is 0 Å². The molecule has 8 N–H and O–H groups in total. The Hall–Kier alpha value is -4.84. The fourth-order valence-corrected chi connectivity index (χ4v) is 4.41. The van der Waals surface area contributed by atoms with E-state index >= 15 is 0 Å². The average Bonchev–Trinajstić information content (AvgIpc) is 2.92. The summed E-state index contributed by atoms with van der Waals surface area (Å²) >= 11 is 0. The zero-order valence-corrected chi connectivity index (χ0v) is 24.0. The van der Waals surface area contributed by atoms with Crippen molar-refractivity contribution in [2.75, 3.05) is 0 Å². The molecule has 0 fully saturated rings. The zero-order chi connectivity index (χ0) is 31.5. The molecule has 0 aliphatic heterocycles. The molecule has 0 amide bonds. The van der Waals surface area contributed by atoms with Gasteiger partial charge in [0.25, 0.3) is 0 Å². The standard InChI is InChI=1S/2C16H16O5.H2O/c2*1-8(2)3-4-10(17)9-7-13(20)14-11(18)5-6-12(19)15(14)16(9)21;/h2*3,5-7,10,17-19H,4H2,1-2H3;1H2/t2*10-;/m11./s1. The van der Waals surface area contributed by atoms with E-state index in [9.17, 15) is 49.8 Å². The maximum atomic E-state index is 12.3. The highest BCUT2D eigenvalue weighted by Gasteiger charge is 2.34. The second-order valence-electron chi connectivity index (χ2n) is 10.4. The van der Waals surface area contributed by atoms with Crippen LogP contribution in [0.2, 0.25) is 0 Å². The van der Waals surface area contributed by atoms with Crippen molar-refractivity contribution in [1.82, 2.24) is 0 Å². The van der Waals surface area contributed by atoms with Gasteiger partial charge < -0.3 is 36.1 Å². The summed E-state index contributed by atoms with van der Waals surface area (Å²) in [5.41, 5.74) is 0.839. The largest absolute Gasteiger partial charge is 0.507 e. The second-order valence-corrected chi connectivity index (χ2v) is 10.4. The molecule has 0 bridgehead atoms. The minimum absolute atomic E-state index is 0. The van der Waals surface area contributed by atoms with Crippen LogP contribution in [0, 0.1) is 0 Å². The normalized spacial score (nSPS) is 14.9. The van der Waals surface area contributed by atoms with E-state index in [1.54, 1.807) is 12.2 Å². The molecule has 228 valence electrons. The predicted octanol–water partition coefficient (Wildman–Crippen LogP) is 3.42. The van der Waals surface area contributed by atoms with Crippen molar-refractivity contribution in [2.45, 2.75) is 52.7 Å². The Morgan fingerprint density at radius 3 is 1.14 bits per heavy atom. The molecule has 2 aliphatic rings. The van der Waals surface area contributed by atoms with Crippen LogP contribution in [0.15, 0.2) is 70.9 Å². The SMILES string of the molecule is CC(C)=CC[C@@H](O)C1=CC(=O)c2c(O)ccc(O)c2C1=O.CC(C)=CC[C@@H](O)C1=CC(=O)c2c(O)ccc(O)c2C1=O.O. The third-order valence-electron chi connectivity index (χ3n) is 6.58. The first-order chi connectivity index (χ1) is 19.6. The quantitative estimate of drug-likeness (QED) is 0.211. The highest BCUT2D eigenvalue weighted by Crippen LogP contribution is 2.37. The lowest BCUT2D eigenvalue weighted by Crippen LogP contribution is -2.25. The number of benzene rings is 2. The Kier molecular flexibility index (Phi) is 11.1. The van der Waals surface area contributed by atoms with Crippen LogP contribution in [-0.4, -0.2) is 71.5 Å². The van der Waals surface area contributed by atoms with Crippen molar-refractivity contribution in [3.05, 3.63) is 93.1 Å². The number of carbonyl (C=O) groups is 4. The Balaban J connectivity index is 0.000000293. The first kappa shape index (κ1) is 34.4. The van der Waals surface area contributed by atoms with Crippen molar-refractivity contribution in [2.24, 2.45) is 0 Å². The number of aromatic hydroxyl groups is 4. The van der Waals surface area contributed by atoms with E-state index in [0.29, 0.717) is 0 Å². The maximum Gasteiger partial charge on any atom is 0.196 e. The van der Waals surface area contributed by atoms with Gasteiger partial charge in [0.05, 0.1) is 34.5 Å². The molecule has 0 heterocycles. The molecule has 11 heteroatoms. The average molecular weight is 595 g/mol. The summed E-state index contributed by atoms with van der Waals surface area (Å²) in [6, 6.07) is 4.59. The molecule has 2 aromatic rings. The fraction of sp³-hybridized carbons (Fsp3) is 0.250. The summed E-state index contributed by atoms with van der Waals surface area (Å²) in [7, 11) is 0. The summed E-state index contributed by atoms with van der Waals surface area (Å²) in [6.45, 7) is 7.42. The van der Waals surface area contributed by atoms with Crippen LogP contribution in [0.3, 0.4) is 0 Å². The third-order valence-corrected chi connectivity index (χ3v) is 6.58. The number of phenolic OH excluding ortho intramolecular Hbond substituents is 4. The number of hydrogen-bond donors (Lipinski definition) is 6. The number of fused-ring (bicyclic) bond motifs is 2. The van der Waals surface area contributed by atoms with E-state index in [1.165, 1.54) is 0 Å². The number of allylic oxidation sites excluding steroid dienone is 4. The molecule has 0 unspecified atom stereocenters. The molecular formula is C32H34O11. The van der Waals surface area contributed by atoms with Crippen LogP contribution in [-0.2, 0) is 0 Å². The van der Waals surface area contributed by atoms with Crippen LogP contribution >= 0.6 is 0 Å². The van der Waals surface area contributed by atoms with Gasteiger partial charge in [-0.3, -0.25) is 19.2 Å². The summed E-state index contributed by atoms with van der Waals surface area (Å²) in [5.74, 6) is -4.01. The summed E-state index contributed by atoms with van der Waals surface area (Å²) in [6.07, 6.45) is 3.67. The number of phenols is 4. The lowest BCUT2D eigenvalue weighted by Gasteiger charge is -2.20. The number of rotatable bonds is 6. The molecule has 2 atom stereocenters. The van der Waals surface area contributed by atoms with Gasteiger partial charge in [-0.1, -0.05) is 23.3 Å². The third kappa shape index (κ3) is 7.33. The Bertz CT molecular complexity index is 1480. The smallest absolute Gasteiger partial charge is 0.196 e. The molecule has 43 heavy (non-hydrogen) atoms. The molecule has 0 spiro atoms. The number of Topliss-reactive ketones (excluding diaryl/α,β-unsaturated/α-hetero) is 2. The Morgan fingerprint density at radius 2 is 0.860 bits per heavy atom. The van der Waals surface area contributed by atoms with E-state index in [1.807, 2.05) is 27.7 Å². The van der Waals surface area contributed by atoms with Gasteiger partial charge in [0.2, 0.25) is 0 Å². The predicted molar refractivity (Wildman–Crippen MR) is 157 cm³/mol. The van der Waals surface area contributed by atoms with Crippen LogP contribution in [0.25, 0.3) is 0 Å². The number of aliphatic hydroxyl groups excluding tert-OH is 2. The van der Waals surface area contributed by atoms with Crippen LogP contribution in [0.4, 0.5) is 0 Å². The van der Waals surface area contributed by atoms with Crippen molar-refractivity contribution in [3.63, 3.8) is 0 Å². The van der Waals surface area contributed by atoms with E-state index in [0.717, 1.165) is 47.6 Å². The van der Waals surface area contributed by atoms with E-state index in [2.05, 4.69) is 0 Å². The van der Waals surface area contributed by atoms with Gasteiger partial charge in [0.15, 0.2) is 23.1 Å². The Labute approximate surface area is 247 Å². The number of carbonyl (C=O) groups excluding carboxylic acids is 4. The van der Waals surface area contributed by atoms with Gasteiger partial charge >= 0.3 is 0 Å². The molecular weight excluding hydrogens is 560 g/mol. The number of hydrogen-bond acceptors (Lipinski definition) is 10. The van der Waals surface area contributed by atoms with Gasteiger partial charge in [-0.2, -0.15) is 0 Å². The number of ketones is 4. The summed E-state index contributed by atoms with van der Waals surface area (Å²) in [4.78, 5) is 48.8. The van der Waals surface area contributed by atoms with Crippen molar-refractivity contribution >= 4 is 23.1 Å². The maximum absolute atomic E-state index is 12.3. The molecule has 0 aromatic heterocycles. The van der Waals surface area contributed by atoms with Gasteiger partial charge in [0, 0.05) is 11.1 Å². The van der Waals surface area contributed by atoms with Gasteiger partial charge in [-0.25, -0.2) is 0 Å². The summed E-state index contributed by atoms with van der Waals surface area (Å²) < 4.78 is 0. The highest BCUT2D eigenvalue weighted by molar-refractivity contribution is 6.27. The van der Waals surface area contributed by atoms with Crippen molar-refractivity contribution in [3.8, 4) is 23.0 Å². The summed E-state index contributed by atoms with van der Waals surface area (Å²) in [5, 5.41) is 59.1. The lowest BCUT2D eigenvalue weighted by molar-refractivity contribution is 0.0942. The monoisotopic (exact) mass is 594 g/mol. The van der Waals surface area contributed by atoms with Gasteiger partial charge in [-0.05, 0) is 77.0 Å². The minimum Gasteiger partial charge on any atom is -0.507 e. The van der Waals surface area contributed by atoms with Crippen molar-refractivity contribution < 1.29 is 55.3 Å². The second kappa shape index (κ2) is 13.9. The molecule has 4 rings (SSSR count). The highest BCUT2D eigenvalue weighted by atomic mass is 16.3. The molecule has 2 aliphatic carbocycles. The molecule has 2 aromatic carbocycles. The topological polar surface area (TPSA) is 221 Å². The van der Waals surface area contributed by atoms with E-state index < -0.39 is 35.3 Å². The Morgan fingerprint density at radius 1 is 0.581 bits per heavy atom. The first-order valence-electron chi connectivity index (χ1n) is 13.0. The zero-order valence-electron chi connectivity index (χ0n) is 24.0. The van der Waals surface area contributed by atoms with Crippen molar-refractivity contribution in [1.29, 1.82) is 0 Å². The fourth-order valence-electron chi connectivity index (χ4n) is 4.41. The minimum atomic E-state index is -1.13. The van der Waals surface area contributed by atoms with Crippen LogP contribution in [0.1, 0.15) is 82.0 Å². The molecule has 0 saturated carbocycles. The first-order valence-corrected chi connectivity index (χ1v) is 13.0. The molecule has 11 nitrogen and oxygen atoms in total. The number of aliphatic hydroxyl groups is 2. The molecule has 0 radical (unpaired) electrons. The van der Waals surface area contributed by atoms with E-state index in [-0.39, 0.29) is 74.7 Å². The van der Waals surface area contributed by atoms with Crippen LogP contribution < -0.4 is 0 Å². The van der Waals surface area contributed by atoms with Gasteiger partial charge in [-0.15, -0.1) is 0 Å². The van der Waals surface area contributed by atoms with Gasteiger partial charge in [0.1, 0.15) is 23.0 Å².